The lowest BCUT2D eigenvalue weighted by Crippen LogP contribution is -2.40. The van der Waals surface area contributed by atoms with Gasteiger partial charge in [-0.15, -0.1) is 10.2 Å². The van der Waals surface area contributed by atoms with Crippen molar-refractivity contribution in [1.82, 2.24) is 19.7 Å². The molecule has 1 aliphatic rings. The number of hydrogen-bond donors (Lipinski definition) is 0. The Morgan fingerprint density at radius 2 is 1.81 bits per heavy atom. The maximum Gasteiger partial charge on any atom is 0.284 e. The monoisotopic (exact) mass is 451 g/mol. The number of ketones is 1. The standard InChI is InChI=1S/C22H21N5O4S/c1-25-14-23-24-22(25)32-19-8-7-17(13-18(19)27(30)31)21(29)26-11-9-16(10-12-26)20(28)15-5-3-2-4-6-15/h2-8,13-14,16H,9-12H2,1H3. The van der Waals surface area contributed by atoms with Crippen molar-refractivity contribution in [2.24, 2.45) is 13.0 Å². The minimum Gasteiger partial charge on any atom is -0.339 e. The number of piperidine rings is 1. The second-order valence-electron chi connectivity index (χ2n) is 7.56. The van der Waals surface area contributed by atoms with Gasteiger partial charge in [-0.25, -0.2) is 0 Å². The summed E-state index contributed by atoms with van der Waals surface area (Å²) in [6.07, 6.45) is 2.65. The molecule has 9 nitrogen and oxygen atoms in total. The van der Waals surface area contributed by atoms with E-state index in [4.69, 9.17) is 0 Å². The van der Waals surface area contributed by atoms with Crippen LogP contribution in [0.25, 0.3) is 0 Å². The first-order valence-electron chi connectivity index (χ1n) is 10.1. The summed E-state index contributed by atoms with van der Waals surface area (Å²) in [4.78, 5) is 38.8. The molecule has 0 bridgehead atoms. The molecule has 2 heterocycles. The van der Waals surface area contributed by atoms with E-state index < -0.39 is 4.92 Å². The number of Topliss-reactive ketones (excluding diaryl/α,β-unsaturated/α-hetero) is 1. The highest BCUT2D eigenvalue weighted by atomic mass is 32.2. The van der Waals surface area contributed by atoms with Crippen LogP contribution in [0, 0.1) is 16.0 Å². The largest absolute Gasteiger partial charge is 0.339 e. The molecule has 0 aliphatic carbocycles. The molecule has 3 aromatic rings. The molecule has 164 valence electrons. The van der Waals surface area contributed by atoms with Crippen molar-refractivity contribution in [3.05, 3.63) is 76.1 Å². The van der Waals surface area contributed by atoms with E-state index in [0.717, 1.165) is 11.8 Å². The van der Waals surface area contributed by atoms with Crippen LogP contribution in [0.1, 0.15) is 33.6 Å². The zero-order valence-electron chi connectivity index (χ0n) is 17.4. The SMILES string of the molecule is Cn1cnnc1Sc1ccc(C(=O)N2CCC(C(=O)c3ccccc3)CC2)cc1[N+](=O)[O-]. The van der Waals surface area contributed by atoms with Gasteiger partial charge in [0, 0.05) is 43.2 Å². The highest BCUT2D eigenvalue weighted by Crippen LogP contribution is 2.34. The summed E-state index contributed by atoms with van der Waals surface area (Å²) in [5, 5.41) is 19.8. The number of nitrogens with zero attached hydrogens (tertiary/aromatic N) is 5. The van der Waals surface area contributed by atoms with Crippen LogP contribution in [-0.2, 0) is 7.05 Å². The fraction of sp³-hybridized carbons (Fsp3) is 0.273. The van der Waals surface area contributed by atoms with Crippen molar-refractivity contribution in [2.75, 3.05) is 13.1 Å². The number of carbonyl (C=O) groups is 2. The number of carbonyl (C=O) groups excluding carboxylic acids is 2. The maximum atomic E-state index is 13.0. The van der Waals surface area contributed by atoms with Gasteiger partial charge < -0.3 is 9.47 Å². The first-order chi connectivity index (χ1) is 15.4. The first kappa shape index (κ1) is 21.7. The molecule has 2 aromatic carbocycles. The summed E-state index contributed by atoms with van der Waals surface area (Å²) >= 11 is 1.12. The number of aryl methyl sites for hydroxylation is 1. The Labute approximate surface area is 188 Å². The van der Waals surface area contributed by atoms with Gasteiger partial charge in [0.05, 0.1) is 9.82 Å². The van der Waals surface area contributed by atoms with Gasteiger partial charge in [0.15, 0.2) is 10.9 Å². The fourth-order valence-corrected chi connectivity index (χ4v) is 4.56. The van der Waals surface area contributed by atoms with Crippen LogP contribution in [0.5, 0.6) is 0 Å². The van der Waals surface area contributed by atoms with Gasteiger partial charge in [-0.1, -0.05) is 30.3 Å². The van der Waals surface area contributed by atoms with E-state index in [9.17, 15) is 19.7 Å². The quantitative estimate of drug-likeness (QED) is 0.320. The Bertz CT molecular complexity index is 1160. The molecule has 0 unspecified atom stereocenters. The molecule has 4 rings (SSSR count). The molecule has 0 spiro atoms. The molecule has 1 aromatic heterocycles. The number of hydrogen-bond acceptors (Lipinski definition) is 7. The van der Waals surface area contributed by atoms with Crippen molar-refractivity contribution < 1.29 is 14.5 Å². The number of benzene rings is 2. The van der Waals surface area contributed by atoms with Crippen LogP contribution < -0.4 is 0 Å². The summed E-state index contributed by atoms with van der Waals surface area (Å²) in [5.41, 5.74) is 0.786. The predicted octanol–water partition coefficient (Wildman–Crippen LogP) is 3.61. The third kappa shape index (κ3) is 4.54. The van der Waals surface area contributed by atoms with Crippen molar-refractivity contribution in [1.29, 1.82) is 0 Å². The summed E-state index contributed by atoms with van der Waals surface area (Å²) in [6, 6.07) is 13.6. The van der Waals surface area contributed by atoms with E-state index in [1.807, 2.05) is 18.2 Å². The van der Waals surface area contributed by atoms with E-state index in [-0.39, 0.29) is 28.9 Å². The molecule has 0 atom stereocenters. The molecule has 1 fully saturated rings. The minimum atomic E-state index is -0.500. The van der Waals surface area contributed by atoms with Gasteiger partial charge in [0.2, 0.25) is 0 Å². The lowest BCUT2D eigenvalue weighted by Gasteiger charge is -2.31. The Kier molecular flexibility index (Phi) is 6.31. The van der Waals surface area contributed by atoms with Crippen molar-refractivity contribution >= 4 is 29.1 Å². The van der Waals surface area contributed by atoms with E-state index in [1.165, 1.54) is 12.4 Å². The predicted molar refractivity (Wildman–Crippen MR) is 118 cm³/mol. The highest BCUT2D eigenvalue weighted by molar-refractivity contribution is 7.99. The van der Waals surface area contributed by atoms with Crippen molar-refractivity contribution in [3.8, 4) is 0 Å². The molecular weight excluding hydrogens is 430 g/mol. The van der Waals surface area contributed by atoms with Gasteiger partial charge in [-0.3, -0.25) is 19.7 Å². The van der Waals surface area contributed by atoms with Gasteiger partial charge in [-0.2, -0.15) is 0 Å². The van der Waals surface area contributed by atoms with Crippen LogP contribution in [0.15, 0.2) is 64.9 Å². The van der Waals surface area contributed by atoms with E-state index >= 15 is 0 Å². The average molecular weight is 452 g/mol. The minimum absolute atomic E-state index is 0.0958. The van der Waals surface area contributed by atoms with Crippen LogP contribution in [0.3, 0.4) is 0 Å². The van der Waals surface area contributed by atoms with Crippen LogP contribution in [0.2, 0.25) is 0 Å². The Balaban J connectivity index is 1.45. The second-order valence-corrected chi connectivity index (χ2v) is 8.57. The Morgan fingerprint density at radius 3 is 2.44 bits per heavy atom. The molecule has 1 aliphatic heterocycles. The molecule has 0 N–H and O–H groups in total. The Hall–Kier alpha value is -3.53. The lowest BCUT2D eigenvalue weighted by molar-refractivity contribution is -0.387. The van der Waals surface area contributed by atoms with Crippen LogP contribution >= 0.6 is 11.8 Å². The van der Waals surface area contributed by atoms with Crippen molar-refractivity contribution in [2.45, 2.75) is 22.9 Å². The van der Waals surface area contributed by atoms with Crippen molar-refractivity contribution in [3.63, 3.8) is 0 Å². The number of rotatable bonds is 6. The zero-order valence-corrected chi connectivity index (χ0v) is 18.2. The number of amides is 1. The van der Waals surface area contributed by atoms with Gasteiger partial charge in [0.25, 0.3) is 11.6 Å². The zero-order chi connectivity index (χ0) is 22.7. The molecule has 0 radical (unpaired) electrons. The molecule has 32 heavy (non-hydrogen) atoms. The topological polar surface area (TPSA) is 111 Å². The van der Waals surface area contributed by atoms with Crippen LogP contribution in [0.4, 0.5) is 5.69 Å². The normalized spacial score (nSPS) is 14.3. The smallest absolute Gasteiger partial charge is 0.284 e. The molecule has 10 heteroatoms. The number of likely N-dealkylation sites (tertiary alicyclic amines) is 1. The van der Waals surface area contributed by atoms with Gasteiger partial charge >= 0.3 is 0 Å². The molecule has 0 saturated carbocycles. The number of nitro groups is 1. The fourth-order valence-electron chi connectivity index (χ4n) is 3.71. The lowest BCUT2D eigenvalue weighted by atomic mass is 9.88. The summed E-state index contributed by atoms with van der Waals surface area (Å²) in [6.45, 7) is 0.872. The maximum absolute atomic E-state index is 13.0. The van der Waals surface area contributed by atoms with E-state index in [1.54, 1.807) is 40.8 Å². The summed E-state index contributed by atoms with van der Waals surface area (Å²) in [7, 11) is 1.75. The third-order valence-corrected chi connectivity index (χ3v) is 6.60. The first-order valence-corrected chi connectivity index (χ1v) is 10.9. The van der Waals surface area contributed by atoms with Gasteiger partial charge in [0.1, 0.15) is 6.33 Å². The second kappa shape index (κ2) is 9.31. The van der Waals surface area contributed by atoms with Crippen LogP contribution in [-0.4, -0.2) is 49.4 Å². The molecule has 1 amide bonds. The van der Waals surface area contributed by atoms with E-state index in [2.05, 4.69) is 10.2 Å². The molecule has 1 saturated heterocycles. The van der Waals surface area contributed by atoms with E-state index in [0.29, 0.717) is 41.5 Å². The number of aromatic nitrogens is 3. The highest BCUT2D eigenvalue weighted by Gasteiger charge is 2.29. The third-order valence-electron chi connectivity index (χ3n) is 5.48. The summed E-state index contributed by atoms with van der Waals surface area (Å²) in [5.74, 6) is -0.298. The molecular formula is C22H21N5O4S. The average Bonchev–Trinajstić information content (AvgIpc) is 3.23. The number of nitro benzene ring substituents is 1. The Morgan fingerprint density at radius 1 is 1.09 bits per heavy atom. The summed E-state index contributed by atoms with van der Waals surface area (Å²) < 4.78 is 1.66. The van der Waals surface area contributed by atoms with Gasteiger partial charge in [-0.05, 0) is 36.7 Å².